The highest BCUT2D eigenvalue weighted by Gasteiger charge is 2.14. The van der Waals surface area contributed by atoms with Gasteiger partial charge >= 0.3 is 0 Å². The standard InChI is InChI=1S/C31H33N3O3/c1-21-10-14-28(15-11-21)37-20-27-18-25(12-16-29(27)36-5)13-17-30(35)32-31-23(3)33-34(24(31)4)19-26-9-7-6-8-22(26)2/h6-18H,19-20H2,1-5H3,(H,32,35)/b17-13+. The van der Waals surface area contributed by atoms with Crippen molar-refractivity contribution in [1.29, 1.82) is 0 Å². The predicted molar refractivity (Wildman–Crippen MR) is 148 cm³/mol. The van der Waals surface area contributed by atoms with E-state index in [2.05, 4.69) is 29.5 Å². The van der Waals surface area contributed by atoms with Crippen LogP contribution >= 0.6 is 0 Å². The summed E-state index contributed by atoms with van der Waals surface area (Å²) in [5, 5.41) is 7.65. The third-order valence-corrected chi connectivity index (χ3v) is 6.36. The molecule has 1 aromatic heterocycles. The minimum Gasteiger partial charge on any atom is -0.496 e. The van der Waals surface area contributed by atoms with E-state index in [0.717, 1.165) is 39.7 Å². The summed E-state index contributed by atoms with van der Waals surface area (Å²) in [6.45, 7) is 9.03. The van der Waals surface area contributed by atoms with Gasteiger partial charge in [-0.3, -0.25) is 9.48 Å². The van der Waals surface area contributed by atoms with Crippen LogP contribution in [-0.2, 0) is 17.9 Å². The highest BCUT2D eigenvalue weighted by molar-refractivity contribution is 6.02. The van der Waals surface area contributed by atoms with Gasteiger partial charge in [-0.25, -0.2) is 0 Å². The van der Waals surface area contributed by atoms with Crippen LogP contribution in [0.3, 0.4) is 0 Å². The summed E-state index contributed by atoms with van der Waals surface area (Å²) in [5.41, 5.74) is 7.82. The number of benzene rings is 3. The number of carbonyl (C=O) groups is 1. The van der Waals surface area contributed by atoms with Gasteiger partial charge in [0.15, 0.2) is 0 Å². The lowest BCUT2D eigenvalue weighted by molar-refractivity contribution is -0.111. The van der Waals surface area contributed by atoms with Crippen molar-refractivity contribution in [3.8, 4) is 11.5 Å². The van der Waals surface area contributed by atoms with Gasteiger partial charge in [0, 0.05) is 11.6 Å². The molecule has 0 aliphatic heterocycles. The molecule has 0 unspecified atom stereocenters. The van der Waals surface area contributed by atoms with Gasteiger partial charge in [0.1, 0.15) is 18.1 Å². The first kappa shape index (κ1) is 25.8. The van der Waals surface area contributed by atoms with Crippen molar-refractivity contribution in [2.45, 2.75) is 40.8 Å². The van der Waals surface area contributed by atoms with Crippen LogP contribution in [0.4, 0.5) is 5.69 Å². The zero-order valence-corrected chi connectivity index (χ0v) is 22.0. The molecular weight excluding hydrogens is 462 g/mol. The van der Waals surface area contributed by atoms with Crippen LogP contribution in [0.15, 0.2) is 72.8 Å². The Morgan fingerprint density at radius 1 is 0.973 bits per heavy atom. The summed E-state index contributed by atoms with van der Waals surface area (Å²) in [7, 11) is 1.64. The maximum absolute atomic E-state index is 12.8. The van der Waals surface area contributed by atoms with E-state index in [-0.39, 0.29) is 5.91 Å². The summed E-state index contributed by atoms with van der Waals surface area (Å²) in [4.78, 5) is 12.8. The fourth-order valence-electron chi connectivity index (χ4n) is 4.13. The largest absolute Gasteiger partial charge is 0.496 e. The Balaban J connectivity index is 1.43. The van der Waals surface area contributed by atoms with Crippen molar-refractivity contribution < 1.29 is 14.3 Å². The Bertz CT molecular complexity index is 1420. The number of aromatic nitrogens is 2. The number of rotatable bonds is 9. The van der Waals surface area contributed by atoms with Crippen molar-refractivity contribution in [1.82, 2.24) is 9.78 Å². The minimum atomic E-state index is -0.213. The molecular formula is C31H33N3O3. The first-order chi connectivity index (χ1) is 17.8. The lowest BCUT2D eigenvalue weighted by Crippen LogP contribution is -2.10. The lowest BCUT2D eigenvalue weighted by atomic mass is 10.1. The van der Waals surface area contributed by atoms with Gasteiger partial charge < -0.3 is 14.8 Å². The first-order valence-corrected chi connectivity index (χ1v) is 12.3. The molecule has 4 rings (SSSR count). The van der Waals surface area contributed by atoms with Gasteiger partial charge in [0.05, 0.1) is 30.7 Å². The molecule has 0 bridgehead atoms. The number of methoxy groups -OCH3 is 1. The SMILES string of the molecule is COc1ccc(/C=C/C(=O)Nc2c(C)nn(Cc3ccccc3C)c2C)cc1COc1ccc(C)cc1. The Hall–Kier alpha value is -4.32. The van der Waals surface area contributed by atoms with Crippen LogP contribution < -0.4 is 14.8 Å². The maximum Gasteiger partial charge on any atom is 0.248 e. The summed E-state index contributed by atoms with van der Waals surface area (Å²) in [5.74, 6) is 1.32. The minimum absolute atomic E-state index is 0.213. The van der Waals surface area contributed by atoms with Crippen LogP contribution in [0.5, 0.6) is 11.5 Å². The molecule has 4 aromatic rings. The number of hydrogen-bond acceptors (Lipinski definition) is 4. The van der Waals surface area contributed by atoms with E-state index in [4.69, 9.17) is 9.47 Å². The van der Waals surface area contributed by atoms with E-state index >= 15 is 0 Å². The van der Waals surface area contributed by atoms with Crippen molar-refractivity contribution in [2.75, 3.05) is 12.4 Å². The van der Waals surface area contributed by atoms with Crippen molar-refractivity contribution in [2.24, 2.45) is 0 Å². The van der Waals surface area contributed by atoms with Gasteiger partial charge in [0.2, 0.25) is 5.91 Å². The molecule has 6 nitrogen and oxygen atoms in total. The van der Waals surface area contributed by atoms with E-state index < -0.39 is 0 Å². The number of nitrogens with one attached hydrogen (secondary N) is 1. The Morgan fingerprint density at radius 3 is 2.46 bits per heavy atom. The average Bonchev–Trinajstić information content (AvgIpc) is 3.15. The molecule has 0 radical (unpaired) electrons. The first-order valence-electron chi connectivity index (χ1n) is 12.3. The van der Waals surface area contributed by atoms with Crippen LogP contribution in [-0.4, -0.2) is 22.8 Å². The van der Waals surface area contributed by atoms with E-state index in [1.807, 2.05) is 80.1 Å². The van der Waals surface area contributed by atoms with E-state index in [1.165, 1.54) is 22.8 Å². The second-order valence-corrected chi connectivity index (χ2v) is 9.13. The number of ether oxygens (including phenoxy) is 2. The molecule has 6 heteroatoms. The topological polar surface area (TPSA) is 65.4 Å². The van der Waals surface area contributed by atoms with Crippen molar-refractivity contribution in [3.63, 3.8) is 0 Å². The third kappa shape index (κ3) is 6.47. The zero-order valence-electron chi connectivity index (χ0n) is 22.0. The molecule has 0 saturated heterocycles. The molecule has 0 spiro atoms. The predicted octanol–water partition coefficient (Wildman–Crippen LogP) is 6.40. The zero-order chi connectivity index (χ0) is 26.4. The number of carbonyl (C=O) groups excluding carboxylic acids is 1. The molecule has 1 amide bonds. The fraction of sp³-hybridized carbons (Fsp3) is 0.226. The second kappa shape index (κ2) is 11.6. The molecule has 1 heterocycles. The summed E-state index contributed by atoms with van der Waals surface area (Å²) < 4.78 is 13.4. The summed E-state index contributed by atoms with van der Waals surface area (Å²) >= 11 is 0. The van der Waals surface area contributed by atoms with Crippen LogP contribution in [0.25, 0.3) is 6.08 Å². The van der Waals surface area contributed by atoms with E-state index in [0.29, 0.717) is 13.2 Å². The Kier molecular flexibility index (Phi) is 8.08. The molecule has 0 fully saturated rings. The van der Waals surface area contributed by atoms with Crippen LogP contribution in [0.2, 0.25) is 0 Å². The van der Waals surface area contributed by atoms with Gasteiger partial charge in [0.25, 0.3) is 0 Å². The van der Waals surface area contributed by atoms with E-state index in [1.54, 1.807) is 13.2 Å². The van der Waals surface area contributed by atoms with E-state index in [9.17, 15) is 4.79 Å². The van der Waals surface area contributed by atoms with Gasteiger partial charge in [-0.05, 0) is 74.7 Å². The molecule has 0 atom stereocenters. The molecule has 0 aliphatic carbocycles. The Morgan fingerprint density at radius 2 is 1.73 bits per heavy atom. The number of aryl methyl sites for hydroxylation is 3. The van der Waals surface area contributed by atoms with Crippen LogP contribution in [0, 0.1) is 27.7 Å². The monoisotopic (exact) mass is 495 g/mol. The molecule has 3 aromatic carbocycles. The van der Waals surface area contributed by atoms with Gasteiger partial charge in [-0.1, -0.05) is 48.0 Å². The molecule has 1 N–H and O–H groups in total. The third-order valence-electron chi connectivity index (χ3n) is 6.36. The van der Waals surface area contributed by atoms with Gasteiger partial charge in [-0.15, -0.1) is 0 Å². The van der Waals surface area contributed by atoms with Crippen LogP contribution in [0.1, 0.15) is 39.2 Å². The molecule has 37 heavy (non-hydrogen) atoms. The second-order valence-electron chi connectivity index (χ2n) is 9.13. The molecule has 190 valence electrons. The lowest BCUT2D eigenvalue weighted by Gasteiger charge is -2.11. The maximum atomic E-state index is 12.8. The van der Waals surface area contributed by atoms with Crippen molar-refractivity contribution >= 4 is 17.7 Å². The smallest absolute Gasteiger partial charge is 0.248 e. The highest BCUT2D eigenvalue weighted by atomic mass is 16.5. The van der Waals surface area contributed by atoms with Crippen molar-refractivity contribution in [3.05, 3.63) is 112 Å². The summed E-state index contributed by atoms with van der Waals surface area (Å²) in [6.07, 6.45) is 3.32. The normalized spacial score (nSPS) is 11.1. The highest BCUT2D eigenvalue weighted by Crippen LogP contribution is 2.24. The average molecular weight is 496 g/mol. The molecule has 0 aliphatic rings. The fourth-order valence-corrected chi connectivity index (χ4v) is 4.13. The number of anilines is 1. The summed E-state index contributed by atoms with van der Waals surface area (Å²) in [6, 6.07) is 21.9. The number of hydrogen-bond donors (Lipinski definition) is 1. The molecule has 0 saturated carbocycles. The quantitative estimate of drug-likeness (QED) is 0.273. The number of amides is 1. The van der Waals surface area contributed by atoms with Gasteiger partial charge in [-0.2, -0.15) is 5.10 Å². The number of nitrogens with zero attached hydrogens (tertiary/aromatic N) is 2. The Labute approximate surface area is 218 Å².